The lowest BCUT2D eigenvalue weighted by Crippen LogP contribution is -2.05. The molecule has 0 radical (unpaired) electrons. The van der Waals surface area contributed by atoms with Gasteiger partial charge in [-0.2, -0.15) is 0 Å². The van der Waals surface area contributed by atoms with Gasteiger partial charge in [0, 0.05) is 10.9 Å². The standard InChI is InChI=1S/C18H18ClNO/c1-3-14-15-9-13(12-7-5-4-6-8-12)10-16(19)18(15)21-17(14)11-20-2/h4-10,20H,3,11H2,1-2H3. The van der Waals surface area contributed by atoms with Crippen molar-refractivity contribution >= 4 is 22.6 Å². The maximum Gasteiger partial charge on any atom is 0.153 e. The van der Waals surface area contributed by atoms with Gasteiger partial charge in [-0.15, -0.1) is 0 Å². The Morgan fingerprint density at radius 1 is 1.10 bits per heavy atom. The van der Waals surface area contributed by atoms with Crippen LogP contribution in [0.2, 0.25) is 5.02 Å². The SMILES string of the molecule is CCc1c(CNC)oc2c(Cl)cc(-c3ccccc3)cc12. The van der Waals surface area contributed by atoms with Gasteiger partial charge in [0.1, 0.15) is 5.76 Å². The third kappa shape index (κ3) is 2.57. The molecule has 0 aliphatic rings. The molecule has 0 bridgehead atoms. The zero-order valence-corrected chi connectivity index (χ0v) is 13.0. The summed E-state index contributed by atoms with van der Waals surface area (Å²) in [6, 6.07) is 14.4. The fourth-order valence-electron chi connectivity index (χ4n) is 2.74. The number of hydrogen-bond donors (Lipinski definition) is 1. The van der Waals surface area contributed by atoms with Gasteiger partial charge in [0.05, 0.1) is 11.6 Å². The van der Waals surface area contributed by atoms with Gasteiger partial charge in [-0.1, -0.05) is 48.9 Å². The van der Waals surface area contributed by atoms with Gasteiger partial charge in [-0.3, -0.25) is 0 Å². The van der Waals surface area contributed by atoms with E-state index in [1.54, 1.807) is 0 Å². The molecule has 0 amide bonds. The summed E-state index contributed by atoms with van der Waals surface area (Å²) in [6.45, 7) is 2.86. The van der Waals surface area contributed by atoms with Crippen LogP contribution in [-0.4, -0.2) is 7.05 Å². The van der Waals surface area contributed by atoms with Crippen molar-refractivity contribution in [2.45, 2.75) is 19.9 Å². The van der Waals surface area contributed by atoms with Crippen LogP contribution in [0.1, 0.15) is 18.2 Å². The molecular formula is C18H18ClNO. The van der Waals surface area contributed by atoms with E-state index in [1.165, 1.54) is 11.1 Å². The number of fused-ring (bicyclic) bond motifs is 1. The van der Waals surface area contributed by atoms with Gasteiger partial charge >= 0.3 is 0 Å². The van der Waals surface area contributed by atoms with Gasteiger partial charge in [-0.25, -0.2) is 0 Å². The van der Waals surface area contributed by atoms with Gasteiger partial charge < -0.3 is 9.73 Å². The van der Waals surface area contributed by atoms with Gasteiger partial charge in [0.2, 0.25) is 0 Å². The molecule has 21 heavy (non-hydrogen) atoms. The minimum atomic E-state index is 0.670. The molecule has 108 valence electrons. The summed E-state index contributed by atoms with van der Waals surface area (Å²) >= 11 is 6.44. The Kier molecular flexibility index (Phi) is 4.00. The van der Waals surface area contributed by atoms with E-state index in [4.69, 9.17) is 16.0 Å². The van der Waals surface area contributed by atoms with Crippen molar-refractivity contribution < 1.29 is 4.42 Å². The highest BCUT2D eigenvalue weighted by Crippen LogP contribution is 2.36. The van der Waals surface area contributed by atoms with Crippen LogP contribution in [-0.2, 0) is 13.0 Å². The lowest BCUT2D eigenvalue weighted by molar-refractivity contribution is 0.525. The molecule has 0 unspecified atom stereocenters. The Morgan fingerprint density at radius 3 is 2.52 bits per heavy atom. The first-order chi connectivity index (χ1) is 10.2. The third-order valence-electron chi connectivity index (χ3n) is 3.73. The topological polar surface area (TPSA) is 25.2 Å². The highest BCUT2D eigenvalue weighted by molar-refractivity contribution is 6.35. The monoisotopic (exact) mass is 299 g/mol. The largest absolute Gasteiger partial charge is 0.458 e. The molecule has 0 spiro atoms. The lowest BCUT2D eigenvalue weighted by atomic mass is 10.0. The van der Waals surface area contributed by atoms with E-state index in [-0.39, 0.29) is 0 Å². The van der Waals surface area contributed by atoms with E-state index in [0.717, 1.165) is 35.3 Å². The zero-order chi connectivity index (χ0) is 14.8. The van der Waals surface area contributed by atoms with Gasteiger partial charge in [0.15, 0.2) is 5.58 Å². The summed E-state index contributed by atoms with van der Waals surface area (Å²) < 4.78 is 5.96. The highest BCUT2D eigenvalue weighted by atomic mass is 35.5. The highest BCUT2D eigenvalue weighted by Gasteiger charge is 2.16. The Balaban J connectivity index is 2.23. The molecule has 1 N–H and O–H groups in total. The Morgan fingerprint density at radius 2 is 1.86 bits per heavy atom. The van der Waals surface area contributed by atoms with E-state index >= 15 is 0 Å². The van der Waals surface area contributed by atoms with Crippen molar-refractivity contribution in [1.82, 2.24) is 5.32 Å². The summed E-state index contributed by atoms with van der Waals surface area (Å²) in [6.07, 6.45) is 0.929. The second-order valence-electron chi connectivity index (χ2n) is 5.09. The normalized spacial score (nSPS) is 11.2. The zero-order valence-electron chi connectivity index (χ0n) is 12.2. The molecular weight excluding hydrogens is 282 g/mol. The smallest absolute Gasteiger partial charge is 0.153 e. The van der Waals surface area contributed by atoms with E-state index in [9.17, 15) is 0 Å². The number of furan rings is 1. The predicted octanol–water partition coefficient (Wildman–Crippen LogP) is 5.04. The van der Waals surface area contributed by atoms with E-state index in [1.807, 2.05) is 31.3 Å². The average Bonchev–Trinajstić information content (AvgIpc) is 2.86. The van der Waals surface area contributed by atoms with Crippen molar-refractivity contribution in [3.63, 3.8) is 0 Å². The van der Waals surface area contributed by atoms with Crippen LogP contribution >= 0.6 is 11.6 Å². The molecule has 0 aliphatic heterocycles. The van der Waals surface area contributed by atoms with E-state index in [0.29, 0.717) is 5.02 Å². The van der Waals surface area contributed by atoms with Crippen LogP contribution in [0.25, 0.3) is 22.1 Å². The predicted molar refractivity (Wildman–Crippen MR) is 88.8 cm³/mol. The number of aryl methyl sites for hydroxylation is 1. The molecule has 1 aromatic heterocycles. The molecule has 3 aromatic rings. The molecule has 1 heterocycles. The second-order valence-corrected chi connectivity index (χ2v) is 5.50. The Hall–Kier alpha value is -1.77. The van der Waals surface area contributed by atoms with E-state index < -0.39 is 0 Å². The van der Waals surface area contributed by atoms with Crippen molar-refractivity contribution in [3.8, 4) is 11.1 Å². The Bertz CT molecular complexity index is 762. The van der Waals surface area contributed by atoms with Gasteiger partial charge in [-0.05, 0) is 36.7 Å². The van der Waals surface area contributed by atoms with Crippen LogP contribution in [0.4, 0.5) is 0 Å². The lowest BCUT2D eigenvalue weighted by Gasteiger charge is -2.04. The minimum Gasteiger partial charge on any atom is -0.458 e. The summed E-state index contributed by atoms with van der Waals surface area (Å²) in [5.41, 5.74) is 4.32. The summed E-state index contributed by atoms with van der Waals surface area (Å²) in [5.74, 6) is 0.974. The maximum absolute atomic E-state index is 6.44. The molecule has 3 rings (SSSR count). The number of rotatable bonds is 4. The number of nitrogens with one attached hydrogen (secondary N) is 1. The fourth-order valence-corrected chi connectivity index (χ4v) is 3.00. The van der Waals surface area contributed by atoms with Crippen LogP contribution < -0.4 is 5.32 Å². The van der Waals surface area contributed by atoms with Crippen molar-refractivity contribution in [1.29, 1.82) is 0 Å². The van der Waals surface area contributed by atoms with Gasteiger partial charge in [0.25, 0.3) is 0 Å². The van der Waals surface area contributed by atoms with Crippen LogP contribution in [0.3, 0.4) is 0 Å². The molecule has 0 atom stereocenters. The molecule has 2 aromatic carbocycles. The first-order valence-electron chi connectivity index (χ1n) is 7.18. The number of hydrogen-bond acceptors (Lipinski definition) is 2. The fraction of sp³-hybridized carbons (Fsp3) is 0.222. The molecule has 0 saturated heterocycles. The average molecular weight is 300 g/mol. The third-order valence-corrected chi connectivity index (χ3v) is 4.01. The number of halogens is 1. The minimum absolute atomic E-state index is 0.670. The molecule has 0 saturated carbocycles. The molecule has 0 fully saturated rings. The quantitative estimate of drug-likeness (QED) is 0.730. The van der Waals surface area contributed by atoms with Crippen molar-refractivity contribution in [2.24, 2.45) is 0 Å². The van der Waals surface area contributed by atoms with Crippen LogP contribution in [0.15, 0.2) is 46.9 Å². The first kappa shape index (κ1) is 14.2. The van der Waals surface area contributed by atoms with E-state index in [2.05, 4.69) is 30.4 Å². The molecule has 2 nitrogen and oxygen atoms in total. The summed E-state index contributed by atoms with van der Waals surface area (Å²) in [7, 11) is 1.92. The Labute approximate surface area is 129 Å². The number of benzene rings is 2. The van der Waals surface area contributed by atoms with Crippen LogP contribution in [0, 0.1) is 0 Å². The first-order valence-corrected chi connectivity index (χ1v) is 7.56. The maximum atomic E-state index is 6.44. The van der Waals surface area contributed by atoms with Crippen molar-refractivity contribution in [2.75, 3.05) is 7.05 Å². The van der Waals surface area contributed by atoms with Crippen molar-refractivity contribution in [3.05, 3.63) is 58.8 Å². The van der Waals surface area contributed by atoms with Crippen LogP contribution in [0.5, 0.6) is 0 Å². The summed E-state index contributed by atoms with van der Waals surface area (Å²) in [5, 5.41) is 4.94. The molecule has 3 heteroatoms. The molecule has 0 aliphatic carbocycles. The second kappa shape index (κ2) is 5.92. The summed E-state index contributed by atoms with van der Waals surface area (Å²) in [4.78, 5) is 0.